The van der Waals surface area contributed by atoms with Gasteiger partial charge in [0.05, 0.1) is 69.0 Å². The Morgan fingerprint density at radius 3 is 1.23 bits per heavy atom. The van der Waals surface area contributed by atoms with Gasteiger partial charge in [0.15, 0.2) is 0 Å². The van der Waals surface area contributed by atoms with Gasteiger partial charge in [-0.05, 0) is 104 Å². The molecule has 6 aromatic carbocycles. The maximum absolute atomic E-state index is 14.8. The van der Waals surface area contributed by atoms with Crippen molar-refractivity contribution >= 4 is 47.2 Å². The molecule has 6 amide bonds. The van der Waals surface area contributed by atoms with Gasteiger partial charge in [-0.15, -0.1) is 0 Å². The number of ether oxygens (including phenoxy) is 2. The molecule has 0 bridgehead atoms. The van der Waals surface area contributed by atoms with Crippen molar-refractivity contribution in [2.24, 2.45) is 0 Å². The summed E-state index contributed by atoms with van der Waals surface area (Å²) in [5.41, 5.74) is -0.939. The lowest BCUT2D eigenvalue weighted by molar-refractivity contribution is -0.142. The zero-order valence-corrected chi connectivity index (χ0v) is 46.5. The van der Waals surface area contributed by atoms with E-state index in [0.29, 0.717) is 11.1 Å². The Morgan fingerprint density at radius 1 is 0.535 bits per heavy atom. The van der Waals surface area contributed by atoms with E-state index in [1.807, 2.05) is 12.1 Å². The molecular formula is C63H55F6N9O8. The van der Waals surface area contributed by atoms with Crippen LogP contribution < -0.4 is 20.4 Å². The first-order valence-corrected chi connectivity index (χ1v) is 26.7. The highest BCUT2D eigenvalue weighted by Gasteiger charge is 2.46. The van der Waals surface area contributed by atoms with E-state index in [-0.39, 0.29) is 95.6 Å². The number of allylic oxidation sites excluding steroid dienone is 2. The van der Waals surface area contributed by atoms with Gasteiger partial charge in [0.1, 0.15) is 26.3 Å². The number of rotatable bonds is 20. The van der Waals surface area contributed by atoms with Gasteiger partial charge in [-0.25, -0.2) is 19.2 Å². The molecule has 17 nitrogen and oxygen atoms in total. The van der Waals surface area contributed by atoms with Crippen LogP contribution in [0.25, 0.3) is 0 Å². The molecule has 23 heteroatoms. The standard InChI is InChI=1S/C63H55F6N9O8/c1-40-54(58(81)85-38-44-12-6-4-7-13-44)56(46-24-20-42(34-70)21-25-46)75(60(83)77(40)50-18-10-16-48(32-50)62(64,65)66)36-52(79)72-28-30-74(3)31-29-73-53(80)37-76-57(47-26-22-43(35-71)23-27-47)55(59(82)86-39-45-14-8-5-9-15-45)41(2)78(61(76)84)51-19-11-17-49(33-51)63(67,68)69/h4-27,32-33,56-57H,28-31,36-39H2,1-3H3,(H,72,79)(H,73,80)/t56-,57-/m1/s1. The molecule has 2 heterocycles. The predicted molar refractivity (Wildman–Crippen MR) is 301 cm³/mol. The van der Waals surface area contributed by atoms with Crippen LogP contribution in [0.15, 0.2) is 180 Å². The number of halogens is 6. The van der Waals surface area contributed by atoms with E-state index in [0.717, 1.165) is 56.0 Å². The van der Waals surface area contributed by atoms with Crippen LogP contribution in [0.4, 0.5) is 47.3 Å². The van der Waals surface area contributed by atoms with E-state index in [4.69, 9.17) is 9.47 Å². The minimum absolute atomic E-state index is 0.0558. The van der Waals surface area contributed by atoms with Crippen molar-refractivity contribution in [2.45, 2.75) is 51.5 Å². The molecule has 2 atom stereocenters. The summed E-state index contributed by atoms with van der Waals surface area (Å²) in [5, 5.41) is 24.6. The largest absolute Gasteiger partial charge is 0.457 e. The van der Waals surface area contributed by atoms with Gasteiger partial charge >= 0.3 is 36.4 Å². The van der Waals surface area contributed by atoms with Crippen molar-refractivity contribution < 1.29 is 64.6 Å². The molecule has 6 aromatic rings. The lowest BCUT2D eigenvalue weighted by Crippen LogP contribution is -2.54. The molecular weight excluding hydrogens is 1120 g/mol. The molecule has 2 N–H and O–H groups in total. The molecule has 8 rings (SSSR count). The number of esters is 2. The summed E-state index contributed by atoms with van der Waals surface area (Å²) >= 11 is 0. The fourth-order valence-electron chi connectivity index (χ4n) is 9.88. The van der Waals surface area contributed by atoms with Crippen LogP contribution in [0.5, 0.6) is 0 Å². The van der Waals surface area contributed by atoms with E-state index < -0.39 is 84.5 Å². The summed E-state index contributed by atoms with van der Waals surface area (Å²) in [6.45, 7) is 1.02. The minimum atomic E-state index is -4.81. The summed E-state index contributed by atoms with van der Waals surface area (Å²) in [6.07, 6.45) is -9.63. The Labute approximate surface area is 490 Å². The molecule has 2 aliphatic rings. The molecule has 2 aliphatic heterocycles. The van der Waals surface area contributed by atoms with Crippen molar-refractivity contribution in [1.29, 1.82) is 10.5 Å². The highest BCUT2D eigenvalue weighted by molar-refractivity contribution is 6.06. The highest BCUT2D eigenvalue weighted by Crippen LogP contribution is 2.44. The number of nitriles is 2. The molecule has 0 aromatic heterocycles. The van der Waals surface area contributed by atoms with Gasteiger partial charge in [-0.3, -0.25) is 19.4 Å². The summed E-state index contributed by atoms with van der Waals surface area (Å²) in [7, 11) is 1.66. The van der Waals surface area contributed by atoms with Gasteiger partial charge in [0, 0.05) is 37.6 Å². The zero-order valence-electron chi connectivity index (χ0n) is 46.5. The third kappa shape index (κ3) is 14.6. The number of carbonyl (C=O) groups is 6. The van der Waals surface area contributed by atoms with E-state index in [2.05, 4.69) is 10.6 Å². The van der Waals surface area contributed by atoms with Crippen LogP contribution in [-0.2, 0) is 54.2 Å². The number of urea groups is 2. The number of hydrogen-bond donors (Lipinski definition) is 2. The van der Waals surface area contributed by atoms with Crippen molar-refractivity contribution in [3.63, 3.8) is 0 Å². The smallest absolute Gasteiger partial charge is 0.416 e. The first-order chi connectivity index (χ1) is 41.1. The highest BCUT2D eigenvalue weighted by atomic mass is 19.4. The molecule has 0 radical (unpaired) electrons. The summed E-state index contributed by atoms with van der Waals surface area (Å²) in [5.74, 6) is -3.36. The Bertz CT molecular complexity index is 3420. The van der Waals surface area contributed by atoms with Crippen LogP contribution in [0.2, 0.25) is 0 Å². The lowest BCUT2D eigenvalue weighted by atomic mass is 9.92. The van der Waals surface area contributed by atoms with Crippen LogP contribution in [0.3, 0.4) is 0 Å². The fourth-order valence-corrected chi connectivity index (χ4v) is 9.88. The van der Waals surface area contributed by atoms with Gasteiger partial charge in [0.25, 0.3) is 0 Å². The number of anilines is 2. The van der Waals surface area contributed by atoms with Gasteiger partial charge < -0.3 is 34.8 Å². The van der Waals surface area contributed by atoms with Crippen LogP contribution in [-0.4, -0.2) is 96.8 Å². The number of carbonyl (C=O) groups excluding carboxylic acids is 6. The quantitative estimate of drug-likeness (QED) is 0.0543. The third-order valence-corrected chi connectivity index (χ3v) is 14.2. The second-order valence-corrected chi connectivity index (χ2v) is 20.0. The van der Waals surface area contributed by atoms with E-state index >= 15 is 0 Å². The van der Waals surface area contributed by atoms with Gasteiger partial charge in [-0.1, -0.05) is 97.1 Å². The first-order valence-electron chi connectivity index (χ1n) is 26.7. The third-order valence-electron chi connectivity index (χ3n) is 14.2. The Hall–Kier alpha value is -10.3. The topological polar surface area (TPSA) is 209 Å². The van der Waals surface area contributed by atoms with E-state index in [1.165, 1.54) is 74.5 Å². The number of benzene rings is 6. The number of alkyl halides is 6. The second kappa shape index (κ2) is 27.0. The summed E-state index contributed by atoms with van der Waals surface area (Å²) in [4.78, 5) is 91.8. The zero-order chi connectivity index (χ0) is 61.9. The summed E-state index contributed by atoms with van der Waals surface area (Å²) in [6, 6.07) is 36.2. The molecule has 0 saturated carbocycles. The number of hydrogen-bond acceptors (Lipinski definition) is 11. The van der Waals surface area contributed by atoms with Gasteiger partial charge in [-0.2, -0.15) is 36.9 Å². The van der Waals surface area contributed by atoms with Crippen molar-refractivity contribution in [3.8, 4) is 12.1 Å². The van der Waals surface area contributed by atoms with Crippen LogP contribution in [0, 0.1) is 22.7 Å². The van der Waals surface area contributed by atoms with Crippen LogP contribution in [0.1, 0.15) is 70.4 Å². The lowest BCUT2D eigenvalue weighted by Gasteiger charge is -2.42. The first kappa shape index (κ1) is 61.8. The second-order valence-electron chi connectivity index (χ2n) is 20.0. The maximum atomic E-state index is 14.8. The molecule has 0 spiro atoms. The van der Waals surface area contributed by atoms with E-state index in [9.17, 15) is 65.6 Å². The Kier molecular flexibility index (Phi) is 19.4. The van der Waals surface area contributed by atoms with E-state index in [1.54, 1.807) is 72.6 Å². The van der Waals surface area contributed by atoms with Gasteiger partial charge in [0.2, 0.25) is 11.8 Å². The molecule has 0 unspecified atom stereocenters. The number of nitrogens with zero attached hydrogens (tertiary/aromatic N) is 7. The van der Waals surface area contributed by atoms with Crippen molar-refractivity contribution in [1.82, 2.24) is 25.3 Å². The average molecular weight is 1180 g/mol. The minimum Gasteiger partial charge on any atom is -0.457 e. The average Bonchev–Trinajstić information content (AvgIpc) is 0.816. The Morgan fingerprint density at radius 2 is 0.895 bits per heavy atom. The Balaban J connectivity index is 0.984. The molecule has 0 aliphatic carbocycles. The monoisotopic (exact) mass is 1180 g/mol. The number of amides is 6. The SMILES string of the molecule is CC1=C(C(=O)OCc2ccccc2)[C@@H](c2ccc(C#N)cc2)N(CC(=O)NCCN(C)CCNC(=O)CN2C(=O)N(c3cccc(C(F)(F)F)c3)C(C)=C(C(=O)OCc3ccccc3)[C@H]2c2ccc(C#N)cc2)C(=O)N1c1cccc(C(F)(F)F)c1. The van der Waals surface area contributed by atoms with Crippen LogP contribution >= 0.6 is 0 Å². The fraction of sp³-hybridized carbons (Fsp3) is 0.238. The number of likely N-dealkylation sites (N-methyl/N-ethyl adjacent to an activating group) is 1. The molecule has 86 heavy (non-hydrogen) atoms. The van der Waals surface area contributed by atoms with Crippen molar-refractivity contribution in [3.05, 3.63) is 225 Å². The molecule has 442 valence electrons. The normalized spacial score (nSPS) is 15.5. The maximum Gasteiger partial charge on any atom is 0.416 e. The molecule has 0 saturated heterocycles. The number of nitrogens with one attached hydrogen (secondary N) is 2. The van der Waals surface area contributed by atoms with Crippen molar-refractivity contribution in [2.75, 3.05) is 56.1 Å². The predicted octanol–water partition coefficient (Wildman–Crippen LogP) is 10.3. The summed E-state index contributed by atoms with van der Waals surface area (Å²) < 4.78 is 96.1. The molecule has 0 fully saturated rings.